The zero-order chi connectivity index (χ0) is 17.6. The van der Waals surface area contributed by atoms with Crippen molar-refractivity contribution in [3.05, 3.63) is 70.6 Å². The molecule has 0 unspecified atom stereocenters. The van der Waals surface area contributed by atoms with Crippen molar-refractivity contribution in [1.29, 1.82) is 0 Å². The molecule has 5 heteroatoms. The summed E-state index contributed by atoms with van der Waals surface area (Å²) in [5.74, 6) is -0.736. The Morgan fingerprint density at radius 2 is 1.76 bits per heavy atom. The molecule has 0 radical (unpaired) electrons. The largest absolute Gasteiger partial charge is 0.451 e. The molecule has 128 valence electrons. The first kappa shape index (κ1) is 17.2. The Morgan fingerprint density at radius 3 is 2.52 bits per heavy atom. The molecule has 0 bridgehead atoms. The fraction of sp³-hybridized carbons (Fsp3) is 0.200. The van der Waals surface area contributed by atoms with Crippen LogP contribution in [0, 0.1) is 6.92 Å². The van der Waals surface area contributed by atoms with Crippen molar-refractivity contribution in [2.24, 2.45) is 0 Å². The number of amides is 1. The lowest BCUT2D eigenvalue weighted by atomic mass is 10.1. The second-order valence-electron chi connectivity index (χ2n) is 5.71. The van der Waals surface area contributed by atoms with E-state index in [1.807, 2.05) is 61.5 Å². The van der Waals surface area contributed by atoms with Gasteiger partial charge < -0.3 is 10.1 Å². The third kappa shape index (κ3) is 4.25. The molecule has 1 aromatic heterocycles. The van der Waals surface area contributed by atoms with Crippen LogP contribution in [-0.2, 0) is 16.0 Å². The molecule has 4 nitrogen and oxygen atoms in total. The van der Waals surface area contributed by atoms with Crippen LogP contribution in [0.1, 0.15) is 20.8 Å². The predicted molar refractivity (Wildman–Crippen MR) is 100 cm³/mol. The first-order chi connectivity index (χ1) is 12.1. The summed E-state index contributed by atoms with van der Waals surface area (Å²) in [4.78, 5) is 24.6. The number of benzene rings is 2. The van der Waals surface area contributed by atoms with E-state index in [-0.39, 0.29) is 12.5 Å². The van der Waals surface area contributed by atoms with Gasteiger partial charge in [0.1, 0.15) is 4.88 Å². The van der Waals surface area contributed by atoms with Crippen LogP contribution >= 0.6 is 11.3 Å². The van der Waals surface area contributed by atoms with Gasteiger partial charge in [0.25, 0.3) is 5.91 Å². The van der Waals surface area contributed by atoms with Gasteiger partial charge in [-0.3, -0.25) is 4.79 Å². The van der Waals surface area contributed by atoms with Crippen LogP contribution in [0.25, 0.3) is 10.1 Å². The first-order valence-corrected chi connectivity index (χ1v) is 8.92. The number of ether oxygens (including phenoxy) is 1. The summed E-state index contributed by atoms with van der Waals surface area (Å²) in [5.41, 5.74) is 2.05. The van der Waals surface area contributed by atoms with E-state index in [4.69, 9.17) is 4.74 Å². The molecule has 25 heavy (non-hydrogen) atoms. The molecule has 0 aliphatic heterocycles. The van der Waals surface area contributed by atoms with Crippen LogP contribution in [0.5, 0.6) is 0 Å². The van der Waals surface area contributed by atoms with Gasteiger partial charge in [-0.25, -0.2) is 4.79 Å². The van der Waals surface area contributed by atoms with E-state index in [9.17, 15) is 9.59 Å². The van der Waals surface area contributed by atoms with E-state index in [1.165, 1.54) is 11.3 Å². The zero-order valence-corrected chi connectivity index (χ0v) is 14.8. The Labute approximate surface area is 150 Å². The summed E-state index contributed by atoms with van der Waals surface area (Å²) in [5, 5.41) is 3.81. The lowest BCUT2D eigenvalue weighted by Crippen LogP contribution is -2.30. The number of esters is 1. The van der Waals surface area contributed by atoms with Crippen molar-refractivity contribution in [1.82, 2.24) is 5.32 Å². The molecule has 0 spiro atoms. The Morgan fingerprint density at radius 1 is 1.04 bits per heavy atom. The highest BCUT2D eigenvalue weighted by molar-refractivity contribution is 7.21. The Bertz CT molecular complexity index is 886. The molecule has 0 aliphatic carbocycles. The van der Waals surface area contributed by atoms with Crippen LogP contribution in [-0.4, -0.2) is 25.0 Å². The fourth-order valence-corrected chi connectivity index (χ4v) is 3.71. The van der Waals surface area contributed by atoms with Gasteiger partial charge in [-0.1, -0.05) is 48.5 Å². The molecular formula is C20H19NO3S. The zero-order valence-electron chi connectivity index (χ0n) is 14.0. The highest BCUT2D eigenvalue weighted by Crippen LogP contribution is 2.30. The van der Waals surface area contributed by atoms with Crippen molar-refractivity contribution in [2.45, 2.75) is 13.3 Å². The maximum Gasteiger partial charge on any atom is 0.349 e. The van der Waals surface area contributed by atoms with E-state index < -0.39 is 5.97 Å². The molecular weight excluding hydrogens is 334 g/mol. The molecule has 1 heterocycles. The van der Waals surface area contributed by atoms with Gasteiger partial charge in [0, 0.05) is 11.2 Å². The average molecular weight is 353 g/mol. The van der Waals surface area contributed by atoms with Gasteiger partial charge in [-0.05, 0) is 35.9 Å². The molecule has 0 saturated heterocycles. The maximum absolute atomic E-state index is 12.2. The minimum atomic E-state index is -0.447. The SMILES string of the molecule is Cc1c(C(=O)OCC(=O)NCCc2ccccc2)sc2ccccc12. The van der Waals surface area contributed by atoms with Crippen LogP contribution in [0.3, 0.4) is 0 Å². The number of nitrogens with one attached hydrogen (secondary N) is 1. The van der Waals surface area contributed by atoms with Crippen molar-refractivity contribution in [2.75, 3.05) is 13.2 Å². The summed E-state index contributed by atoms with van der Waals surface area (Å²) in [6.45, 7) is 2.15. The van der Waals surface area contributed by atoms with Crippen molar-refractivity contribution >= 4 is 33.3 Å². The molecule has 3 aromatic rings. The maximum atomic E-state index is 12.2. The smallest absolute Gasteiger partial charge is 0.349 e. The van der Waals surface area contributed by atoms with Crippen LogP contribution in [0.15, 0.2) is 54.6 Å². The topological polar surface area (TPSA) is 55.4 Å². The van der Waals surface area contributed by atoms with E-state index in [0.717, 1.165) is 27.6 Å². The standard InChI is InChI=1S/C20H19NO3S/c1-14-16-9-5-6-10-17(16)25-19(14)20(23)24-13-18(22)21-12-11-15-7-3-2-4-8-15/h2-10H,11-13H2,1H3,(H,21,22). The number of fused-ring (bicyclic) bond motifs is 1. The number of thiophene rings is 1. The molecule has 0 fully saturated rings. The Hall–Kier alpha value is -2.66. The minimum absolute atomic E-state index is 0.263. The van der Waals surface area contributed by atoms with Crippen molar-refractivity contribution in [3.63, 3.8) is 0 Å². The number of hydrogen-bond donors (Lipinski definition) is 1. The van der Waals surface area contributed by atoms with Gasteiger partial charge in [-0.15, -0.1) is 11.3 Å². The highest BCUT2D eigenvalue weighted by atomic mass is 32.1. The third-order valence-corrected chi connectivity index (χ3v) is 5.19. The van der Waals surface area contributed by atoms with Crippen molar-refractivity contribution < 1.29 is 14.3 Å². The fourth-order valence-electron chi connectivity index (χ4n) is 2.61. The van der Waals surface area contributed by atoms with E-state index in [1.54, 1.807) is 0 Å². The molecule has 0 atom stereocenters. The molecule has 3 rings (SSSR count). The third-order valence-electron chi connectivity index (χ3n) is 3.94. The van der Waals surface area contributed by atoms with Gasteiger partial charge in [0.05, 0.1) is 0 Å². The van der Waals surface area contributed by atoms with E-state index in [2.05, 4.69) is 5.32 Å². The highest BCUT2D eigenvalue weighted by Gasteiger charge is 2.17. The second-order valence-corrected chi connectivity index (χ2v) is 6.77. The average Bonchev–Trinajstić information content (AvgIpc) is 2.98. The van der Waals surface area contributed by atoms with Crippen LogP contribution < -0.4 is 5.32 Å². The minimum Gasteiger partial charge on any atom is -0.451 e. The molecule has 0 saturated carbocycles. The second kappa shape index (κ2) is 7.94. The van der Waals surface area contributed by atoms with Crippen molar-refractivity contribution in [3.8, 4) is 0 Å². The quantitative estimate of drug-likeness (QED) is 0.687. The van der Waals surface area contributed by atoms with Gasteiger partial charge in [0.2, 0.25) is 0 Å². The lowest BCUT2D eigenvalue weighted by molar-refractivity contribution is -0.124. The lowest BCUT2D eigenvalue weighted by Gasteiger charge is -2.06. The number of aryl methyl sites for hydroxylation is 1. The van der Waals surface area contributed by atoms with Gasteiger partial charge >= 0.3 is 5.97 Å². The normalized spacial score (nSPS) is 10.6. The Kier molecular flexibility index (Phi) is 5.46. The summed E-state index contributed by atoms with van der Waals surface area (Å²) in [6, 6.07) is 17.7. The summed E-state index contributed by atoms with van der Waals surface area (Å²) < 4.78 is 6.20. The predicted octanol–water partition coefficient (Wildman–Crippen LogP) is 3.73. The number of rotatable bonds is 6. The molecule has 1 N–H and O–H groups in total. The Balaban J connectivity index is 1.49. The van der Waals surface area contributed by atoms with Crippen LogP contribution in [0.2, 0.25) is 0 Å². The number of carbonyl (C=O) groups is 2. The van der Waals surface area contributed by atoms with Gasteiger partial charge in [-0.2, -0.15) is 0 Å². The molecule has 1 amide bonds. The van der Waals surface area contributed by atoms with E-state index in [0.29, 0.717) is 11.4 Å². The summed E-state index contributed by atoms with van der Waals surface area (Å²) in [6.07, 6.45) is 0.746. The summed E-state index contributed by atoms with van der Waals surface area (Å²) in [7, 11) is 0. The first-order valence-electron chi connectivity index (χ1n) is 8.11. The van der Waals surface area contributed by atoms with E-state index >= 15 is 0 Å². The van der Waals surface area contributed by atoms with Crippen LogP contribution in [0.4, 0.5) is 0 Å². The number of hydrogen-bond acceptors (Lipinski definition) is 4. The summed E-state index contributed by atoms with van der Waals surface area (Å²) >= 11 is 1.39. The number of carbonyl (C=O) groups excluding carboxylic acids is 2. The monoisotopic (exact) mass is 353 g/mol. The molecule has 0 aliphatic rings. The molecule has 2 aromatic carbocycles. The van der Waals surface area contributed by atoms with Gasteiger partial charge in [0.15, 0.2) is 6.61 Å².